The maximum absolute atomic E-state index is 10.9. The van der Waals surface area contributed by atoms with Gasteiger partial charge in [0, 0.05) is 10.2 Å². The fourth-order valence-corrected chi connectivity index (χ4v) is 4.03. The molecule has 3 nitrogen and oxygen atoms in total. The topological polar surface area (TPSA) is 50.2 Å². The van der Waals surface area contributed by atoms with Gasteiger partial charge in [0.05, 0.1) is 5.69 Å². The Bertz CT molecular complexity index is 583. The zero-order valence-corrected chi connectivity index (χ0v) is 12.7. The number of aromatic carboxylic acids is 1. The van der Waals surface area contributed by atoms with E-state index in [1.54, 1.807) is 18.7 Å². The van der Waals surface area contributed by atoms with Gasteiger partial charge in [0.2, 0.25) is 0 Å². The highest BCUT2D eigenvalue weighted by atomic mass is 79.9. The molecule has 1 heterocycles. The van der Waals surface area contributed by atoms with Crippen molar-refractivity contribution in [2.75, 3.05) is 0 Å². The Morgan fingerprint density at radius 3 is 2.83 bits per heavy atom. The van der Waals surface area contributed by atoms with Gasteiger partial charge in [-0.25, -0.2) is 9.78 Å². The Kier molecular flexibility index (Phi) is 4.42. The van der Waals surface area contributed by atoms with Crippen molar-refractivity contribution in [3.05, 3.63) is 44.9 Å². The van der Waals surface area contributed by atoms with Gasteiger partial charge in [0.1, 0.15) is 4.88 Å². The summed E-state index contributed by atoms with van der Waals surface area (Å²) in [4.78, 5) is 15.5. The normalized spacial score (nSPS) is 10.6. The summed E-state index contributed by atoms with van der Waals surface area (Å²) in [6, 6.07) is 7.98. The van der Waals surface area contributed by atoms with E-state index >= 15 is 0 Å². The molecule has 2 rings (SSSR count). The van der Waals surface area contributed by atoms with Crippen molar-refractivity contribution in [1.29, 1.82) is 0 Å². The van der Waals surface area contributed by atoms with Crippen LogP contribution in [0.4, 0.5) is 0 Å². The van der Waals surface area contributed by atoms with Crippen LogP contribution in [0.3, 0.4) is 0 Å². The maximum atomic E-state index is 10.9. The van der Waals surface area contributed by atoms with E-state index in [0.717, 1.165) is 14.6 Å². The lowest BCUT2D eigenvalue weighted by Crippen LogP contribution is -1.94. The lowest BCUT2D eigenvalue weighted by molar-refractivity contribution is 0.0701. The molecule has 0 aliphatic rings. The highest BCUT2D eigenvalue weighted by molar-refractivity contribution is 9.10. The fourth-order valence-electron chi connectivity index (χ4n) is 1.39. The highest BCUT2D eigenvalue weighted by Gasteiger charge is 2.14. The van der Waals surface area contributed by atoms with Crippen LogP contribution in [0, 0.1) is 6.92 Å². The van der Waals surface area contributed by atoms with Crippen LogP contribution in [0.5, 0.6) is 0 Å². The standard InChI is InChI=1S/C12H10BrNO2S2/c1-7-10(11(15)16)18-12(14-7)17-6-8-4-2-3-5-9(8)13/h2-5H,6H2,1H3,(H,15,16). The summed E-state index contributed by atoms with van der Waals surface area (Å²) in [6.07, 6.45) is 0. The predicted molar refractivity (Wildman–Crippen MR) is 77.5 cm³/mol. The molecule has 6 heteroatoms. The molecule has 2 aromatic rings. The van der Waals surface area contributed by atoms with Crippen LogP contribution in [-0.2, 0) is 5.75 Å². The van der Waals surface area contributed by atoms with Crippen LogP contribution >= 0.6 is 39.0 Å². The van der Waals surface area contributed by atoms with Crippen molar-refractivity contribution in [3.8, 4) is 0 Å². The van der Waals surface area contributed by atoms with Gasteiger partial charge in [-0.15, -0.1) is 11.3 Å². The third kappa shape index (κ3) is 3.13. The molecular formula is C12H10BrNO2S2. The minimum atomic E-state index is -0.905. The summed E-state index contributed by atoms with van der Waals surface area (Å²) in [5, 5.41) is 8.96. The van der Waals surface area contributed by atoms with Gasteiger partial charge in [-0.2, -0.15) is 0 Å². The number of halogens is 1. The van der Waals surface area contributed by atoms with Crippen molar-refractivity contribution in [1.82, 2.24) is 4.98 Å². The number of hydrogen-bond acceptors (Lipinski definition) is 4. The molecule has 18 heavy (non-hydrogen) atoms. The first-order valence-corrected chi connectivity index (χ1v) is 7.74. The minimum absolute atomic E-state index is 0.324. The van der Waals surface area contributed by atoms with Crippen LogP contribution in [0.1, 0.15) is 20.9 Å². The number of carboxylic acids is 1. The number of thioether (sulfide) groups is 1. The highest BCUT2D eigenvalue weighted by Crippen LogP contribution is 2.31. The second-order valence-electron chi connectivity index (χ2n) is 3.58. The van der Waals surface area contributed by atoms with Gasteiger partial charge >= 0.3 is 5.97 Å². The quantitative estimate of drug-likeness (QED) is 0.845. The van der Waals surface area contributed by atoms with E-state index in [-0.39, 0.29) is 0 Å². The van der Waals surface area contributed by atoms with Gasteiger partial charge in [0.15, 0.2) is 4.34 Å². The van der Waals surface area contributed by atoms with Gasteiger partial charge < -0.3 is 5.11 Å². The Morgan fingerprint density at radius 2 is 2.22 bits per heavy atom. The van der Waals surface area contributed by atoms with Gasteiger partial charge in [-0.05, 0) is 18.6 Å². The van der Waals surface area contributed by atoms with Crippen molar-refractivity contribution in [2.24, 2.45) is 0 Å². The number of aryl methyl sites for hydroxylation is 1. The largest absolute Gasteiger partial charge is 0.477 e. The van der Waals surface area contributed by atoms with Gasteiger partial charge in [-0.1, -0.05) is 45.9 Å². The van der Waals surface area contributed by atoms with E-state index in [9.17, 15) is 4.79 Å². The zero-order valence-electron chi connectivity index (χ0n) is 9.51. The molecule has 0 aliphatic carbocycles. The van der Waals surface area contributed by atoms with E-state index in [2.05, 4.69) is 20.9 Å². The Balaban J connectivity index is 2.09. The zero-order chi connectivity index (χ0) is 13.1. The minimum Gasteiger partial charge on any atom is -0.477 e. The smallest absolute Gasteiger partial charge is 0.347 e. The first kappa shape index (κ1) is 13.6. The first-order chi connectivity index (χ1) is 8.58. The molecule has 0 saturated heterocycles. The summed E-state index contributed by atoms with van der Waals surface area (Å²) < 4.78 is 1.85. The maximum Gasteiger partial charge on any atom is 0.347 e. The number of benzene rings is 1. The van der Waals surface area contributed by atoms with Crippen molar-refractivity contribution >= 4 is 45.0 Å². The molecule has 0 unspecified atom stereocenters. The molecule has 0 radical (unpaired) electrons. The second-order valence-corrected chi connectivity index (χ2v) is 6.66. The first-order valence-electron chi connectivity index (χ1n) is 5.15. The molecule has 0 fully saturated rings. The Morgan fingerprint density at radius 1 is 1.50 bits per heavy atom. The average molecular weight is 344 g/mol. The summed E-state index contributed by atoms with van der Waals surface area (Å²) in [5.74, 6) is -0.134. The van der Waals surface area contributed by atoms with E-state index in [4.69, 9.17) is 5.11 Å². The van der Waals surface area contributed by atoms with Gasteiger partial charge in [-0.3, -0.25) is 0 Å². The van der Waals surface area contributed by atoms with E-state index < -0.39 is 5.97 Å². The number of rotatable bonds is 4. The van der Waals surface area contributed by atoms with Crippen molar-refractivity contribution in [3.63, 3.8) is 0 Å². The van der Waals surface area contributed by atoms with E-state index in [0.29, 0.717) is 10.6 Å². The Labute approximate surface area is 121 Å². The summed E-state index contributed by atoms with van der Waals surface area (Å²) >= 11 is 6.27. The number of thiazole rings is 1. The van der Waals surface area contributed by atoms with Crippen LogP contribution < -0.4 is 0 Å². The van der Waals surface area contributed by atoms with Crippen LogP contribution in [0.2, 0.25) is 0 Å². The molecule has 0 bridgehead atoms. The average Bonchev–Trinajstić information content (AvgIpc) is 2.70. The molecule has 0 aliphatic heterocycles. The molecule has 0 amide bonds. The lowest BCUT2D eigenvalue weighted by Gasteiger charge is -2.01. The summed E-state index contributed by atoms with van der Waals surface area (Å²) in [5.41, 5.74) is 1.76. The van der Waals surface area contributed by atoms with Gasteiger partial charge in [0.25, 0.3) is 0 Å². The second kappa shape index (κ2) is 5.86. The lowest BCUT2D eigenvalue weighted by atomic mass is 10.2. The summed E-state index contributed by atoms with van der Waals surface area (Å²) in [6.45, 7) is 1.72. The van der Waals surface area contributed by atoms with Crippen molar-refractivity contribution < 1.29 is 9.90 Å². The fraction of sp³-hybridized carbons (Fsp3) is 0.167. The SMILES string of the molecule is Cc1nc(SCc2ccccc2Br)sc1C(=O)O. The van der Waals surface area contributed by atoms with E-state index in [1.165, 1.54) is 16.9 Å². The predicted octanol–water partition coefficient (Wildman–Crippen LogP) is 4.20. The van der Waals surface area contributed by atoms with Crippen LogP contribution in [0.15, 0.2) is 33.1 Å². The third-order valence-electron chi connectivity index (χ3n) is 2.28. The molecule has 1 aromatic carbocycles. The summed E-state index contributed by atoms with van der Waals surface area (Å²) in [7, 11) is 0. The number of carboxylic acid groups (broad SMARTS) is 1. The van der Waals surface area contributed by atoms with Crippen LogP contribution in [-0.4, -0.2) is 16.1 Å². The third-order valence-corrected chi connectivity index (χ3v) is 5.39. The Hall–Kier alpha value is -0.850. The van der Waals surface area contributed by atoms with Crippen molar-refractivity contribution in [2.45, 2.75) is 17.0 Å². The number of aromatic nitrogens is 1. The molecule has 1 N–H and O–H groups in total. The number of nitrogens with zero attached hydrogens (tertiary/aromatic N) is 1. The molecule has 0 saturated carbocycles. The molecule has 94 valence electrons. The molecule has 0 atom stereocenters. The molecular weight excluding hydrogens is 334 g/mol. The molecule has 0 spiro atoms. The molecule has 1 aromatic heterocycles. The van der Waals surface area contributed by atoms with E-state index in [1.807, 2.05) is 24.3 Å². The number of hydrogen-bond donors (Lipinski definition) is 1. The monoisotopic (exact) mass is 343 g/mol. The number of carbonyl (C=O) groups is 1. The van der Waals surface area contributed by atoms with Crippen LogP contribution in [0.25, 0.3) is 0 Å².